The number of carbonyl (C=O) groups excluding carboxylic acids is 2. The summed E-state index contributed by atoms with van der Waals surface area (Å²) in [6.45, 7) is 2.13. The quantitative estimate of drug-likeness (QED) is 0.555. The minimum absolute atomic E-state index is 0.0243. The van der Waals surface area contributed by atoms with Crippen LogP contribution >= 0.6 is 11.3 Å². The molecule has 0 spiro atoms. The van der Waals surface area contributed by atoms with E-state index in [4.69, 9.17) is 4.74 Å². The fourth-order valence-corrected chi connectivity index (χ4v) is 4.65. The number of ketones is 1. The molecule has 0 bridgehead atoms. The van der Waals surface area contributed by atoms with E-state index >= 15 is 0 Å². The molecular formula is C23H24O3S. The molecule has 1 aliphatic rings. The van der Waals surface area contributed by atoms with E-state index in [1.807, 2.05) is 42.5 Å². The van der Waals surface area contributed by atoms with Gasteiger partial charge in [0.2, 0.25) is 0 Å². The third kappa shape index (κ3) is 4.87. The molecule has 1 heterocycles. The number of hydrogen-bond donors (Lipinski definition) is 0. The van der Waals surface area contributed by atoms with Crippen molar-refractivity contribution in [2.75, 3.05) is 7.11 Å². The first-order valence-electron chi connectivity index (χ1n) is 9.35. The number of esters is 1. The zero-order valence-corrected chi connectivity index (χ0v) is 16.6. The highest BCUT2D eigenvalue weighted by atomic mass is 32.1. The van der Waals surface area contributed by atoms with Crippen molar-refractivity contribution in [3.63, 3.8) is 0 Å². The Bertz CT molecular complexity index is 856. The average Bonchev–Trinajstić information content (AvgIpc) is 3.25. The standard InChI is InChI=1S/C23H24O3S/c1-16-15-21(24)20(19(16)13-11-17-7-4-3-5-8-17)10-6-9-18-12-14-22(27-18)23(25)26-2/h3-5,7-8,12,14,16,19-20H,6,9-10,15H2,1-2H3/t16-,19+,20+/m1/s1. The van der Waals surface area contributed by atoms with E-state index in [0.29, 0.717) is 23.0 Å². The summed E-state index contributed by atoms with van der Waals surface area (Å²) in [6.07, 6.45) is 3.28. The van der Waals surface area contributed by atoms with Gasteiger partial charge in [0, 0.05) is 28.7 Å². The van der Waals surface area contributed by atoms with Gasteiger partial charge in [-0.1, -0.05) is 37.0 Å². The van der Waals surface area contributed by atoms with Crippen LogP contribution < -0.4 is 0 Å². The summed E-state index contributed by atoms with van der Waals surface area (Å²) in [6, 6.07) is 13.7. The van der Waals surface area contributed by atoms with Crippen LogP contribution in [0.5, 0.6) is 0 Å². The van der Waals surface area contributed by atoms with Crippen LogP contribution in [0.15, 0.2) is 42.5 Å². The molecule has 140 valence electrons. The lowest BCUT2D eigenvalue weighted by Gasteiger charge is -2.15. The minimum atomic E-state index is -0.290. The number of carbonyl (C=O) groups is 2. The van der Waals surface area contributed by atoms with Gasteiger partial charge in [0.25, 0.3) is 0 Å². The number of methoxy groups -OCH3 is 1. The first kappa shape index (κ1) is 19.4. The Labute approximate surface area is 164 Å². The summed E-state index contributed by atoms with van der Waals surface area (Å²) in [7, 11) is 1.39. The zero-order valence-electron chi connectivity index (χ0n) is 15.7. The number of thiophene rings is 1. The first-order valence-corrected chi connectivity index (χ1v) is 10.2. The normalized spacial score (nSPS) is 21.6. The van der Waals surface area contributed by atoms with Crippen molar-refractivity contribution in [2.45, 2.75) is 32.6 Å². The molecule has 27 heavy (non-hydrogen) atoms. The maximum atomic E-state index is 12.5. The number of hydrogen-bond acceptors (Lipinski definition) is 4. The maximum absolute atomic E-state index is 12.5. The number of Topliss-reactive ketones (excluding diaryl/α,β-unsaturated/α-hetero) is 1. The molecule has 1 aromatic heterocycles. The predicted octanol–water partition coefficient (Wildman–Crippen LogP) is 4.75. The van der Waals surface area contributed by atoms with Gasteiger partial charge in [0.15, 0.2) is 0 Å². The lowest BCUT2D eigenvalue weighted by atomic mass is 9.87. The van der Waals surface area contributed by atoms with Crippen molar-refractivity contribution in [1.29, 1.82) is 0 Å². The van der Waals surface area contributed by atoms with E-state index in [1.54, 1.807) is 0 Å². The zero-order chi connectivity index (χ0) is 19.2. The molecule has 1 fully saturated rings. The molecule has 0 N–H and O–H groups in total. The molecule has 0 unspecified atom stereocenters. The second-order valence-electron chi connectivity index (χ2n) is 7.07. The molecule has 0 amide bonds. The molecule has 3 atom stereocenters. The van der Waals surface area contributed by atoms with Crippen LogP contribution in [0, 0.1) is 29.6 Å². The molecule has 0 radical (unpaired) electrons. The highest BCUT2D eigenvalue weighted by Crippen LogP contribution is 2.37. The second-order valence-corrected chi connectivity index (χ2v) is 8.23. The van der Waals surface area contributed by atoms with Crippen molar-refractivity contribution >= 4 is 23.1 Å². The molecule has 1 aromatic carbocycles. The van der Waals surface area contributed by atoms with E-state index in [2.05, 4.69) is 18.8 Å². The van der Waals surface area contributed by atoms with Gasteiger partial charge in [-0.25, -0.2) is 4.79 Å². The summed E-state index contributed by atoms with van der Waals surface area (Å²) in [5.74, 6) is 7.14. The molecule has 2 aromatic rings. The summed E-state index contributed by atoms with van der Waals surface area (Å²) < 4.78 is 4.75. The molecular weight excluding hydrogens is 356 g/mol. The van der Waals surface area contributed by atoms with Crippen molar-refractivity contribution in [3.8, 4) is 11.8 Å². The highest BCUT2D eigenvalue weighted by Gasteiger charge is 2.38. The Morgan fingerprint density at radius 1 is 1.22 bits per heavy atom. The van der Waals surface area contributed by atoms with Gasteiger partial charge in [-0.2, -0.15) is 0 Å². The molecule has 3 nitrogen and oxygen atoms in total. The third-order valence-corrected chi connectivity index (χ3v) is 6.25. The molecule has 1 aliphatic carbocycles. The van der Waals surface area contributed by atoms with E-state index in [9.17, 15) is 9.59 Å². The van der Waals surface area contributed by atoms with Crippen LogP contribution in [0.1, 0.15) is 46.3 Å². The van der Waals surface area contributed by atoms with Gasteiger partial charge in [0.1, 0.15) is 10.7 Å². The lowest BCUT2D eigenvalue weighted by molar-refractivity contribution is -0.121. The number of benzene rings is 1. The fourth-order valence-electron chi connectivity index (χ4n) is 3.68. The van der Waals surface area contributed by atoms with Crippen molar-refractivity contribution in [1.82, 2.24) is 0 Å². The van der Waals surface area contributed by atoms with Gasteiger partial charge in [0.05, 0.1) is 7.11 Å². The van der Waals surface area contributed by atoms with Gasteiger partial charge in [-0.3, -0.25) is 4.79 Å². The summed E-state index contributed by atoms with van der Waals surface area (Å²) in [5, 5.41) is 0. The Balaban J connectivity index is 1.60. The molecule has 3 rings (SSSR count). The van der Waals surface area contributed by atoms with Crippen LogP contribution in [-0.4, -0.2) is 18.9 Å². The summed E-state index contributed by atoms with van der Waals surface area (Å²) in [4.78, 5) is 25.8. The number of ether oxygens (including phenoxy) is 1. The van der Waals surface area contributed by atoms with Crippen LogP contribution in [0.4, 0.5) is 0 Å². The molecule has 1 saturated carbocycles. The molecule has 0 saturated heterocycles. The van der Waals surface area contributed by atoms with E-state index < -0.39 is 0 Å². The van der Waals surface area contributed by atoms with Crippen molar-refractivity contribution in [3.05, 3.63) is 57.8 Å². The molecule has 4 heteroatoms. The van der Waals surface area contributed by atoms with Gasteiger partial charge >= 0.3 is 5.97 Å². The van der Waals surface area contributed by atoms with Crippen LogP contribution in [0.2, 0.25) is 0 Å². The van der Waals surface area contributed by atoms with Gasteiger partial charge in [-0.05, 0) is 49.4 Å². The lowest BCUT2D eigenvalue weighted by Crippen LogP contribution is -2.15. The maximum Gasteiger partial charge on any atom is 0.348 e. The Kier molecular flexibility index (Phi) is 6.47. The van der Waals surface area contributed by atoms with E-state index in [0.717, 1.165) is 29.7 Å². The second kappa shape index (κ2) is 9.01. The van der Waals surface area contributed by atoms with Crippen LogP contribution in [0.3, 0.4) is 0 Å². The largest absolute Gasteiger partial charge is 0.465 e. The minimum Gasteiger partial charge on any atom is -0.465 e. The van der Waals surface area contributed by atoms with Crippen molar-refractivity contribution in [2.24, 2.45) is 17.8 Å². The topological polar surface area (TPSA) is 43.4 Å². The van der Waals surface area contributed by atoms with Crippen LogP contribution in [-0.2, 0) is 16.0 Å². The Hall–Kier alpha value is -2.38. The van der Waals surface area contributed by atoms with E-state index in [-0.39, 0.29) is 17.8 Å². The Morgan fingerprint density at radius 3 is 2.74 bits per heavy atom. The SMILES string of the molecule is COC(=O)c1ccc(CCC[C@@H]2C(=O)C[C@@H](C)[C@@H]2C#Cc2ccccc2)s1. The fraction of sp³-hybridized carbons (Fsp3) is 0.391. The monoisotopic (exact) mass is 380 g/mol. The summed E-state index contributed by atoms with van der Waals surface area (Å²) >= 11 is 1.47. The highest BCUT2D eigenvalue weighted by molar-refractivity contribution is 7.13. The number of aryl methyl sites for hydroxylation is 1. The smallest absolute Gasteiger partial charge is 0.348 e. The van der Waals surface area contributed by atoms with Gasteiger partial charge < -0.3 is 4.74 Å². The average molecular weight is 381 g/mol. The van der Waals surface area contributed by atoms with Crippen LogP contribution in [0.25, 0.3) is 0 Å². The number of rotatable bonds is 5. The summed E-state index contributed by atoms with van der Waals surface area (Å²) in [5.41, 5.74) is 0.997. The molecule has 0 aliphatic heterocycles. The van der Waals surface area contributed by atoms with E-state index in [1.165, 1.54) is 18.4 Å². The van der Waals surface area contributed by atoms with Gasteiger partial charge in [-0.15, -0.1) is 11.3 Å². The third-order valence-electron chi connectivity index (χ3n) is 5.13. The predicted molar refractivity (Wildman–Crippen MR) is 108 cm³/mol. The first-order chi connectivity index (χ1) is 13.1. The Morgan fingerprint density at radius 2 is 2.00 bits per heavy atom. The van der Waals surface area contributed by atoms with Crippen molar-refractivity contribution < 1.29 is 14.3 Å².